The minimum Gasteiger partial charge on any atom is -0.459 e. The molecular formula is C7H8O3. The van der Waals surface area contributed by atoms with E-state index in [1.54, 1.807) is 0 Å². The lowest BCUT2D eigenvalue weighted by atomic mass is 9.90. The summed E-state index contributed by atoms with van der Waals surface area (Å²) in [6.07, 6.45) is 2.40. The van der Waals surface area contributed by atoms with Crippen LogP contribution in [0.5, 0.6) is 0 Å². The first kappa shape index (κ1) is 5.13. The van der Waals surface area contributed by atoms with Crippen LogP contribution in [0, 0.1) is 5.92 Å². The molecule has 3 heterocycles. The SMILES string of the molecule is O=C1O[C@@H]2C[C@@H]3C[C@@H]1[C@H]2O3. The van der Waals surface area contributed by atoms with Gasteiger partial charge < -0.3 is 9.47 Å². The first-order valence-corrected chi connectivity index (χ1v) is 3.70. The summed E-state index contributed by atoms with van der Waals surface area (Å²) in [5.41, 5.74) is 0. The third-order valence-electron chi connectivity index (χ3n) is 2.69. The van der Waals surface area contributed by atoms with Crippen LogP contribution < -0.4 is 0 Å². The minimum atomic E-state index is -0.0324. The van der Waals surface area contributed by atoms with Gasteiger partial charge >= 0.3 is 5.97 Å². The highest BCUT2D eigenvalue weighted by atomic mass is 16.6. The molecule has 0 N–H and O–H groups in total. The molecular weight excluding hydrogens is 132 g/mol. The third kappa shape index (κ3) is 0.408. The predicted molar refractivity (Wildman–Crippen MR) is 31.3 cm³/mol. The maximum atomic E-state index is 11.0. The molecule has 0 aromatic carbocycles. The van der Waals surface area contributed by atoms with Crippen molar-refractivity contribution in [3.63, 3.8) is 0 Å². The Morgan fingerprint density at radius 2 is 2.30 bits per heavy atom. The van der Waals surface area contributed by atoms with Crippen molar-refractivity contribution in [2.75, 3.05) is 0 Å². The van der Waals surface area contributed by atoms with Gasteiger partial charge in [0.15, 0.2) is 0 Å². The van der Waals surface area contributed by atoms with E-state index < -0.39 is 0 Å². The summed E-state index contributed by atoms with van der Waals surface area (Å²) in [5.74, 6) is 0.0544. The highest BCUT2D eigenvalue weighted by Crippen LogP contribution is 2.45. The lowest BCUT2D eigenvalue weighted by Gasteiger charge is -2.07. The average molecular weight is 140 g/mol. The Balaban J connectivity index is 2.05. The molecule has 10 heavy (non-hydrogen) atoms. The van der Waals surface area contributed by atoms with Crippen molar-refractivity contribution in [1.82, 2.24) is 0 Å². The van der Waals surface area contributed by atoms with Gasteiger partial charge in [0.1, 0.15) is 12.2 Å². The van der Waals surface area contributed by atoms with Gasteiger partial charge in [0, 0.05) is 6.42 Å². The van der Waals surface area contributed by atoms with Crippen LogP contribution in [-0.4, -0.2) is 24.3 Å². The van der Waals surface area contributed by atoms with Crippen LogP contribution in [0.2, 0.25) is 0 Å². The summed E-state index contributed by atoms with van der Waals surface area (Å²) in [5, 5.41) is 0. The van der Waals surface area contributed by atoms with Gasteiger partial charge in [-0.1, -0.05) is 0 Å². The molecule has 3 rings (SSSR count). The molecule has 0 aromatic heterocycles. The summed E-state index contributed by atoms with van der Waals surface area (Å²) in [4.78, 5) is 11.0. The van der Waals surface area contributed by atoms with E-state index in [0.717, 1.165) is 12.8 Å². The highest BCUT2D eigenvalue weighted by molar-refractivity contribution is 5.76. The van der Waals surface area contributed by atoms with E-state index in [1.165, 1.54) is 0 Å². The number of rotatable bonds is 0. The zero-order valence-electron chi connectivity index (χ0n) is 5.45. The number of hydrogen-bond acceptors (Lipinski definition) is 3. The number of carbonyl (C=O) groups excluding carboxylic acids is 1. The topological polar surface area (TPSA) is 35.5 Å². The molecule has 2 bridgehead atoms. The molecule has 3 saturated heterocycles. The van der Waals surface area contributed by atoms with Crippen molar-refractivity contribution in [1.29, 1.82) is 0 Å². The monoisotopic (exact) mass is 140 g/mol. The Labute approximate surface area is 58.3 Å². The number of fused-ring (bicyclic) bond motifs is 1. The largest absolute Gasteiger partial charge is 0.459 e. The smallest absolute Gasteiger partial charge is 0.312 e. The van der Waals surface area contributed by atoms with Crippen LogP contribution in [0.4, 0.5) is 0 Å². The molecule has 3 aliphatic heterocycles. The van der Waals surface area contributed by atoms with Crippen molar-refractivity contribution in [2.45, 2.75) is 31.2 Å². The lowest BCUT2D eigenvalue weighted by molar-refractivity contribution is -0.143. The second-order valence-electron chi connectivity index (χ2n) is 3.28. The van der Waals surface area contributed by atoms with E-state index in [0.29, 0.717) is 6.10 Å². The van der Waals surface area contributed by atoms with Gasteiger partial charge in [-0.25, -0.2) is 0 Å². The summed E-state index contributed by atoms with van der Waals surface area (Å²) < 4.78 is 10.6. The van der Waals surface area contributed by atoms with Crippen LogP contribution >= 0.6 is 0 Å². The average Bonchev–Trinajstić information content (AvgIpc) is 2.44. The highest BCUT2D eigenvalue weighted by Gasteiger charge is 2.57. The van der Waals surface area contributed by atoms with E-state index >= 15 is 0 Å². The van der Waals surface area contributed by atoms with Crippen LogP contribution in [-0.2, 0) is 14.3 Å². The van der Waals surface area contributed by atoms with Gasteiger partial charge in [-0.2, -0.15) is 0 Å². The number of ether oxygens (including phenoxy) is 2. The van der Waals surface area contributed by atoms with E-state index in [4.69, 9.17) is 9.47 Å². The third-order valence-corrected chi connectivity index (χ3v) is 2.69. The molecule has 0 amide bonds. The van der Waals surface area contributed by atoms with Gasteiger partial charge in [0.2, 0.25) is 0 Å². The molecule has 4 atom stereocenters. The Kier molecular flexibility index (Phi) is 0.703. The molecule has 3 nitrogen and oxygen atoms in total. The molecule has 3 heteroatoms. The number of carbonyl (C=O) groups is 1. The van der Waals surface area contributed by atoms with E-state index in [2.05, 4.69) is 0 Å². The fraction of sp³-hybridized carbons (Fsp3) is 0.857. The maximum absolute atomic E-state index is 11.0. The van der Waals surface area contributed by atoms with Crippen LogP contribution in [0.1, 0.15) is 12.8 Å². The Morgan fingerprint density at radius 1 is 1.40 bits per heavy atom. The van der Waals surface area contributed by atoms with Crippen molar-refractivity contribution in [3.8, 4) is 0 Å². The van der Waals surface area contributed by atoms with Crippen molar-refractivity contribution >= 4 is 5.97 Å². The summed E-state index contributed by atoms with van der Waals surface area (Å²) in [6.45, 7) is 0. The number of esters is 1. The van der Waals surface area contributed by atoms with Crippen molar-refractivity contribution in [2.24, 2.45) is 5.92 Å². The quantitative estimate of drug-likeness (QED) is 0.447. The van der Waals surface area contributed by atoms with E-state index in [1.807, 2.05) is 0 Å². The Bertz CT molecular complexity index is 199. The zero-order valence-corrected chi connectivity index (χ0v) is 5.45. The lowest BCUT2D eigenvalue weighted by Crippen LogP contribution is -2.22. The fourth-order valence-corrected chi connectivity index (χ4v) is 2.26. The summed E-state index contributed by atoms with van der Waals surface area (Å²) in [6, 6.07) is 0. The standard InChI is InChI=1S/C7H8O3/c8-7-4-1-3-2-5(10-7)6(4)9-3/h3-6H,1-2H2/t3-,4+,5+,6+/m0/s1. The molecule has 0 saturated carbocycles. The van der Waals surface area contributed by atoms with Crippen LogP contribution in [0.15, 0.2) is 0 Å². The molecule has 0 radical (unpaired) electrons. The Hall–Kier alpha value is -0.570. The van der Waals surface area contributed by atoms with Gasteiger partial charge in [0.25, 0.3) is 0 Å². The second-order valence-corrected chi connectivity index (χ2v) is 3.28. The zero-order chi connectivity index (χ0) is 6.72. The predicted octanol–water partition coefficient (Wildman–Crippen LogP) is 0.0892. The normalized spacial score (nSPS) is 55.8. The van der Waals surface area contributed by atoms with Crippen molar-refractivity contribution < 1.29 is 14.3 Å². The molecule has 54 valence electrons. The van der Waals surface area contributed by atoms with Crippen LogP contribution in [0.25, 0.3) is 0 Å². The van der Waals surface area contributed by atoms with Gasteiger partial charge in [0.05, 0.1) is 12.0 Å². The van der Waals surface area contributed by atoms with Crippen LogP contribution in [0.3, 0.4) is 0 Å². The summed E-state index contributed by atoms with van der Waals surface area (Å²) >= 11 is 0. The minimum absolute atomic E-state index is 0.0324. The molecule has 3 aliphatic rings. The van der Waals surface area contributed by atoms with Gasteiger partial charge in [-0.15, -0.1) is 0 Å². The molecule has 0 unspecified atom stereocenters. The first-order chi connectivity index (χ1) is 4.84. The van der Waals surface area contributed by atoms with E-state index in [-0.39, 0.29) is 24.1 Å². The fourth-order valence-electron chi connectivity index (χ4n) is 2.26. The Morgan fingerprint density at radius 3 is 2.90 bits per heavy atom. The van der Waals surface area contributed by atoms with Gasteiger partial charge in [-0.3, -0.25) is 4.79 Å². The molecule has 0 aliphatic carbocycles. The van der Waals surface area contributed by atoms with Gasteiger partial charge in [-0.05, 0) is 6.42 Å². The maximum Gasteiger partial charge on any atom is 0.312 e. The molecule has 0 spiro atoms. The second kappa shape index (κ2) is 1.37. The molecule has 0 aromatic rings. The number of hydrogen-bond donors (Lipinski definition) is 0. The van der Waals surface area contributed by atoms with E-state index in [9.17, 15) is 4.79 Å². The summed E-state index contributed by atoms with van der Waals surface area (Å²) in [7, 11) is 0. The van der Waals surface area contributed by atoms with Crippen molar-refractivity contribution in [3.05, 3.63) is 0 Å². The first-order valence-electron chi connectivity index (χ1n) is 3.70. The molecule has 3 fully saturated rings.